The van der Waals surface area contributed by atoms with E-state index in [1.165, 1.54) is 0 Å². The molecule has 0 amide bonds. The van der Waals surface area contributed by atoms with Gasteiger partial charge in [0.2, 0.25) is 0 Å². The van der Waals surface area contributed by atoms with Crippen molar-refractivity contribution < 1.29 is 22.7 Å². The molecule has 2 nitrogen and oxygen atoms in total. The molecule has 1 aromatic carbocycles. The predicted octanol–water partition coefficient (Wildman–Crippen LogP) is 3.36. The lowest BCUT2D eigenvalue weighted by molar-refractivity contribution is -0.137. The Kier molecular flexibility index (Phi) is 3.23. The maximum atomic E-state index is 12.3. The maximum absolute atomic E-state index is 12.3. The van der Waals surface area contributed by atoms with Crippen LogP contribution in [-0.2, 0) is 10.9 Å². The quantitative estimate of drug-likeness (QED) is 0.756. The number of halogens is 3. The van der Waals surface area contributed by atoms with Gasteiger partial charge in [-0.3, -0.25) is 0 Å². The van der Waals surface area contributed by atoms with Gasteiger partial charge in [-0.1, -0.05) is 12.2 Å². The Morgan fingerprint density at radius 2 is 1.61 bits per heavy atom. The van der Waals surface area contributed by atoms with Gasteiger partial charge in [-0.15, -0.1) is 0 Å². The molecule has 0 fully saturated rings. The minimum absolute atomic E-state index is 0.0942. The van der Waals surface area contributed by atoms with Crippen molar-refractivity contribution >= 4 is 5.97 Å². The zero-order valence-electron chi connectivity index (χ0n) is 9.15. The highest BCUT2D eigenvalue weighted by Crippen LogP contribution is 2.29. The van der Waals surface area contributed by atoms with Crippen LogP contribution in [0.15, 0.2) is 48.6 Å². The van der Waals surface area contributed by atoms with Crippen LogP contribution in [0.5, 0.6) is 0 Å². The van der Waals surface area contributed by atoms with Gasteiger partial charge < -0.3 is 4.74 Å². The van der Waals surface area contributed by atoms with Crippen molar-refractivity contribution in [2.45, 2.75) is 12.3 Å². The third kappa shape index (κ3) is 2.80. The van der Waals surface area contributed by atoms with Crippen LogP contribution in [0.1, 0.15) is 15.9 Å². The first-order chi connectivity index (χ1) is 8.47. The molecule has 0 atom stereocenters. The molecule has 0 saturated carbocycles. The topological polar surface area (TPSA) is 26.3 Å². The molecule has 2 rings (SSSR count). The molecule has 0 bridgehead atoms. The normalized spacial score (nSPS) is 15.1. The summed E-state index contributed by atoms with van der Waals surface area (Å²) in [5, 5.41) is 0. The number of hydrogen-bond donors (Lipinski definition) is 0. The van der Waals surface area contributed by atoms with Gasteiger partial charge in [-0.25, -0.2) is 4.79 Å². The molecule has 0 heterocycles. The third-order valence-corrected chi connectivity index (χ3v) is 2.40. The number of hydrogen-bond acceptors (Lipinski definition) is 2. The van der Waals surface area contributed by atoms with E-state index in [1.807, 2.05) is 0 Å². The van der Waals surface area contributed by atoms with E-state index in [-0.39, 0.29) is 5.56 Å². The largest absolute Gasteiger partial charge is 0.450 e. The average Bonchev–Trinajstić information content (AvgIpc) is 2.81. The molecule has 18 heavy (non-hydrogen) atoms. The molecule has 0 radical (unpaired) electrons. The van der Waals surface area contributed by atoms with Crippen molar-refractivity contribution in [3.63, 3.8) is 0 Å². The van der Waals surface area contributed by atoms with Gasteiger partial charge in [0.05, 0.1) is 11.1 Å². The second kappa shape index (κ2) is 4.68. The van der Waals surface area contributed by atoms with Crippen LogP contribution in [0.3, 0.4) is 0 Å². The van der Waals surface area contributed by atoms with Gasteiger partial charge in [-0.05, 0) is 36.4 Å². The molecule has 94 valence electrons. The van der Waals surface area contributed by atoms with Crippen molar-refractivity contribution in [3.8, 4) is 0 Å². The Morgan fingerprint density at radius 1 is 1.06 bits per heavy atom. The molecule has 0 aliphatic heterocycles. The number of benzene rings is 1. The van der Waals surface area contributed by atoms with Gasteiger partial charge in [0.1, 0.15) is 6.10 Å². The van der Waals surface area contributed by atoms with Crippen molar-refractivity contribution in [2.24, 2.45) is 0 Å². The average molecular weight is 254 g/mol. The fraction of sp³-hybridized carbons (Fsp3) is 0.154. The summed E-state index contributed by atoms with van der Waals surface area (Å²) in [6.07, 6.45) is 1.94. The number of ether oxygens (including phenoxy) is 1. The predicted molar refractivity (Wildman–Crippen MR) is 58.9 cm³/mol. The van der Waals surface area contributed by atoms with E-state index in [9.17, 15) is 18.0 Å². The van der Waals surface area contributed by atoms with Crippen LogP contribution in [0, 0.1) is 0 Å². The van der Waals surface area contributed by atoms with E-state index in [4.69, 9.17) is 4.74 Å². The standard InChI is InChI=1S/C13H9F3O2/c14-13(15,16)10-7-5-9(6-8-10)12(17)18-11-3-1-2-4-11/h1-8,11H. The molecule has 0 N–H and O–H groups in total. The smallest absolute Gasteiger partial charge is 0.416 e. The molecule has 1 aliphatic carbocycles. The number of carbonyl (C=O) groups is 1. The zero-order chi connectivity index (χ0) is 13.2. The SMILES string of the molecule is O=C(OC1C=CC=C1)c1ccc(C(F)(F)F)cc1. The summed E-state index contributed by atoms with van der Waals surface area (Å²) in [6, 6.07) is 3.93. The highest BCUT2D eigenvalue weighted by atomic mass is 19.4. The van der Waals surface area contributed by atoms with Crippen LogP contribution in [0.4, 0.5) is 13.2 Å². The molecule has 1 aromatic rings. The lowest BCUT2D eigenvalue weighted by Gasteiger charge is -2.10. The highest BCUT2D eigenvalue weighted by molar-refractivity contribution is 5.89. The van der Waals surface area contributed by atoms with E-state index in [0.717, 1.165) is 24.3 Å². The molecule has 0 aromatic heterocycles. The molecule has 1 aliphatic rings. The number of rotatable bonds is 2. The van der Waals surface area contributed by atoms with Gasteiger partial charge >= 0.3 is 12.1 Å². The maximum Gasteiger partial charge on any atom is 0.416 e. The number of esters is 1. The second-order valence-electron chi connectivity index (χ2n) is 3.71. The summed E-state index contributed by atoms with van der Waals surface area (Å²) in [5.41, 5.74) is -0.698. The Morgan fingerprint density at radius 3 is 2.11 bits per heavy atom. The highest BCUT2D eigenvalue weighted by Gasteiger charge is 2.30. The second-order valence-corrected chi connectivity index (χ2v) is 3.71. The summed E-state index contributed by atoms with van der Waals surface area (Å²) in [7, 11) is 0. The molecule has 5 heteroatoms. The third-order valence-electron chi connectivity index (χ3n) is 2.40. The van der Waals surface area contributed by atoms with Crippen LogP contribution in [0.25, 0.3) is 0 Å². The Bertz CT molecular complexity index is 486. The summed E-state index contributed by atoms with van der Waals surface area (Å²) in [4.78, 5) is 11.6. The van der Waals surface area contributed by atoms with Crippen LogP contribution >= 0.6 is 0 Å². The molecular formula is C13H9F3O2. The fourth-order valence-corrected chi connectivity index (χ4v) is 1.48. The fourth-order valence-electron chi connectivity index (χ4n) is 1.48. The summed E-state index contributed by atoms with van der Waals surface area (Å²) in [5.74, 6) is -0.648. The van der Waals surface area contributed by atoms with Crippen molar-refractivity contribution in [1.29, 1.82) is 0 Å². The van der Waals surface area contributed by atoms with Crippen molar-refractivity contribution in [2.75, 3.05) is 0 Å². The van der Waals surface area contributed by atoms with Gasteiger partial charge in [0, 0.05) is 0 Å². The molecular weight excluding hydrogens is 245 g/mol. The van der Waals surface area contributed by atoms with Crippen LogP contribution in [-0.4, -0.2) is 12.1 Å². The monoisotopic (exact) mass is 254 g/mol. The number of carbonyl (C=O) groups excluding carboxylic acids is 1. The lowest BCUT2D eigenvalue weighted by atomic mass is 10.1. The first-order valence-corrected chi connectivity index (χ1v) is 5.20. The van der Waals surface area contributed by atoms with Gasteiger partial charge in [0.25, 0.3) is 0 Å². The molecule has 0 unspecified atom stereocenters. The van der Waals surface area contributed by atoms with Crippen molar-refractivity contribution in [1.82, 2.24) is 0 Å². The minimum Gasteiger partial charge on any atom is -0.450 e. The van der Waals surface area contributed by atoms with Crippen molar-refractivity contribution in [3.05, 3.63) is 59.7 Å². The summed E-state index contributed by atoms with van der Waals surface area (Å²) in [6.45, 7) is 0. The molecule has 0 spiro atoms. The van der Waals surface area contributed by atoms with E-state index in [0.29, 0.717) is 0 Å². The van der Waals surface area contributed by atoms with E-state index < -0.39 is 23.8 Å². The minimum atomic E-state index is -4.40. The first kappa shape index (κ1) is 12.4. The lowest BCUT2D eigenvalue weighted by Crippen LogP contribution is -2.13. The summed E-state index contributed by atoms with van der Waals surface area (Å²) < 4.78 is 42.0. The molecule has 0 saturated heterocycles. The van der Waals surface area contributed by atoms with Gasteiger partial charge in [-0.2, -0.15) is 13.2 Å². The van der Waals surface area contributed by atoms with E-state index >= 15 is 0 Å². The van der Waals surface area contributed by atoms with Crippen LogP contribution < -0.4 is 0 Å². The van der Waals surface area contributed by atoms with Crippen LogP contribution in [0.2, 0.25) is 0 Å². The van der Waals surface area contributed by atoms with Gasteiger partial charge in [0.15, 0.2) is 0 Å². The Labute approximate surface area is 101 Å². The summed E-state index contributed by atoms with van der Waals surface area (Å²) >= 11 is 0. The zero-order valence-corrected chi connectivity index (χ0v) is 9.15. The Balaban J connectivity index is 2.07. The Hall–Kier alpha value is -2.04. The van der Waals surface area contributed by atoms with E-state index in [1.54, 1.807) is 24.3 Å². The number of alkyl halides is 3. The number of allylic oxidation sites excluding steroid dienone is 2. The van der Waals surface area contributed by atoms with E-state index in [2.05, 4.69) is 0 Å². The first-order valence-electron chi connectivity index (χ1n) is 5.20.